The topological polar surface area (TPSA) is 85.4 Å². The Morgan fingerprint density at radius 2 is 1.88 bits per heavy atom. The van der Waals surface area contributed by atoms with E-state index in [1.54, 1.807) is 20.4 Å². The molecule has 0 radical (unpaired) electrons. The highest BCUT2D eigenvalue weighted by Gasteiger charge is 2.16. The van der Waals surface area contributed by atoms with Crippen LogP contribution in [0.4, 0.5) is 5.95 Å². The van der Waals surface area contributed by atoms with Gasteiger partial charge in [0.15, 0.2) is 0 Å². The number of ether oxygens (including phenoxy) is 2. The van der Waals surface area contributed by atoms with Crippen LogP contribution in [0.25, 0.3) is 11.3 Å². The summed E-state index contributed by atoms with van der Waals surface area (Å²) in [5.74, 6) is 1.14. The summed E-state index contributed by atoms with van der Waals surface area (Å²) in [7, 11) is 3.30. The van der Waals surface area contributed by atoms with Gasteiger partial charge in [-0.15, -0.1) is 0 Å². The third-order valence-corrected chi connectivity index (χ3v) is 4.99. The van der Waals surface area contributed by atoms with E-state index >= 15 is 0 Å². The maximum absolute atomic E-state index is 12.8. The van der Waals surface area contributed by atoms with Crippen LogP contribution < -0.4 is 15.4 Å². The number of amides is 1. The fourth-order valence-corrected chi connectivity index (χ4v) is 3.27. The zero-order valence-corrected chi connectivity index (χ0v) is 18.9. The predicted octanol–water partition coefficient (Wildman–Crippen LogP) is 3.88. The average Bonchev–Trinajstić information content (AvgIpc) is 2.82. The Balaban J connectivity index is 1.74. The first-order valence-corrected chi connectivity index (χ1v) is 10.7. The maximum Gasteiger partial charge on any atom is 0.255 e. The van der Waals surface area contributed by atoms with Crippen molar-refractivity contribution in [1.82, 2.24) is 15.3 Å². The molecule has 0 spiro atoms. The molecule has 2 N–H and O–H groups in total. The number of benzene rings is 2. The number of hydrogen-bond acceptors (Lipinski definition) is 6. The van der Waals surface area contributed by atoms with E-state index in [-0.39, 0.29) is 5.91 Å². The van der Waals surface area contributed by atoms with Gasteiger partial charge >= 0.3 is 0 Å². The van der Waals surface area contributed by atoms with Gasteiger partial charge in [-0.2, -0.15) is 0 Å². The SMILES string of the molecule is COCCCNC(=O)c1cnc(NCCc2ccc(OC)cc2)nc1-c1cccc(C)c1. The summed E-state index contributed by atoms with van der Waals surface area (Å²) in [6.07, 6.45) is 3.15. The molecule has 1 amide bonds. The van der Waals surface area contributed by atoms with Gasteiger partial charge in [0.2, 0.25) is 5.95 Å². The lowest BCUT2D eigenvalue weighted by Crippen LogP contribution is -2.26. The summed E-state index contributed by atoms with van der Waals surface area (Å²) in [6.45, 7) is 3.81. The second-order valence-corrected chi connectivity index (χ2v) is 7.45. The molecule has 0 saturated carbocycles. The molecular formula is C25H30N4O3. The van der Waals surface area contributed by atoms with Crippen molar-refractivity contribution in [1.29, 1.82) is 0 Å². The highest BCUT2D eigenvalue weighted by atomic mass is 16.5. The van der Waals surface area contributed by atoms with Crippen molar-refractivity contribution in [2.24, 2.45) is 0 Å². The number of rotatable bonds is 11. The largest absolute Gasteiger partial charge is 0.497 e. The molecule has 1 aromatic heterocycles. The Labute approximate surface area is 189 Å². The normalized spacial score (nSPS) is 10.6. The van der Waals surface area contributed by atoms with Crippen molar-refractivity contribution < 1.29 is 14.3 Å². The van der Waals surface area contributed by atoms with Crippen LogP contribution >= 0.6 is 0 Å². The molecule has 0 aliphatic carbocycles. The Morgan fingerprint density at radius 3 is 2.59 bits per heavy atom. The third kappa shape index (κ3) is 6.52. The molecule has 0 fully saturated rings. The van der Waals surface area contributed by atoms with Crippen LogP contribution in [0.2, 0.25) is 0 Å². The number of aromatic nitrogens is 2. The lowest BCUT2D eigenvalue weighted by atomic mass is 10.0. The number of nitrogens with one attached hydrogen (secondary N) is 2. The summed E-state index contributed by atoms with van der Waals surface area (Å²) in [6, 6.07) is 15.9. The van der Waals surface area contributed by atoms with E-state index in [2.05, 4.69) is 20.6 Å². The van der Waals surface area contributed by atoms with Gasteiger partial charge in [0.1, 0.15) is 5.75 Å². The highest BCUT2D eigenvalue weighted by molar-refractivity contribution is 5.99. The molecule has 3 rings (SSSR count). The van der Waals surface area contributed by atoms with Gasteiger partial charge in [0.25, 0.3) is 5.91 Å². The highest BCUT2D eigenvalue weighted by Crippen LogP contribution is 2.23. The van der Waals surface area contributed by atoms with Gasteiger partial charge in [-0.1, -0.05) is 35.9 Å². The molecule has 0 bridgehead atoms. The molecule has 0 atom stereocenters. The smallest absolute Gasteiger partial charge is 0.255 e. The molecule has 0 saturated heterocycles. The van der Waals surface area contributed by atoms with Gasteiger partial charge in [-0.3, -0.25) is 4.79 Å². The molecule has 7 nitrogen and oxygen atoms in total. The van der Waals surface area contributed by atoms with Crippen LogP contribution in [-0.4, -0.2) is 49.8 Å². The van der Waals surface area contributed by atoms with Crippen molar-refractivity contribution in [2.45, 2.75) is 19.8 Å². The van der Waals surface area contributed by atoms with E-state index in [0.717, 1.165) is 29.7 Å². The van der Waals surface area contributed by atoms with Crippen molar-refractivity contribution in [3.8, 4) is 17.0 Å². The van der Waals surface area contributed by atoms with Crippen LogP contribution in [0.15, 0.2) is 54.7 Å². The summed E-state index contributed by atoms with van der Waals surface area (Å²) < 4.78 is 10.2. The van der Waals surface area contributed by atoms with Crippen LogP contribution in [0.1, 0.15) is 27.9 Å². The van der Waals surface area contributed by atoms with Crippen LogP contribution in [0, 0.1) is 6.92 Å². The number of aryl methyl sites for hydroxylation is 1. The number of anilines is 1. The molecule has 168 valence electrons. The second-order valence-electron chi connectivity index (χ2n) is 7.45. The van der Waals surface area contributed by atoms with E-state index in [0.29, 0.717) is 36.9 Å². The number of methoxy groups -OCH3 is 2. The van der Waals surface area contributed by atoms with Crippen molar-refractivity contribution in [2.75, 3.05) is 39.2 Å². The fraction of sp³-hybridized carbons (Fsp3) is 0.320. The van der Waals surface area contributed by atoms with Crippen LogP contribution in [-0.2, 0) is 11.2 Å². The number of carbonyl (C=O) groups excluding carboxylic acids is 1. The summed E-state index contributed by atoms with van der Waals surface area (Å²) in [5.41, 5.74) is 4.23. The van der Waals surface area contributed by atoms with Gasteiger partial charge in [0, 0.05) is 38.6 Å². The monoisotopic (exact) mass is 434 g/mol. The zero-order valence-electron chi connectivity index (χ0n) is 18.9. The molecule has 0 aliphatic rings. The molecule has 2 aromatic carbocycles. The zero-order chi connectivity index (χ0) is 22.8. The van der Waals surface area contributed by atoms with E-state index in [4.69, 9.17) is 9.47 Å². The molecule has 32 heavy (non-hydrogen) atoms. The quantitative estimate of drug-likeness (QED) is 0.446. The molecule has 7 heteroatoms. The third-order valence-electron chi connectivity index (χ3n) is 4.99. The van der Waals surface area contributed by atoms with E-state index in [9.17, 15) is 4.79 Å². The first-order chi connectivity index (χ1) is 15.6. The first-order valence-electron chi connectivity index (χ1n) is 10.7. The predicted molar refractivity (Wildman–Crippen MR) is 126 cm³/mol. The van der Waals surface area contributed by atoms with Gasteiger partial charge < -0.3 is 20.1 Å². The van der Waals surface area contributed by atoms with Gasteiger partial charge in [0.05, 0.1) is 18.4 Å². The molecule has 0 unspecified atom stereocenters. The first kappa shape index (κ1) is 23.2. The standard InChI is InChI=1S/C25H30N4O3/c1-18-6-4-7-20(16-18)23-22(24(30)26-13-5-15-31-2)17-28-25(29-23)27-14-12-19-8-10-21(32-3)11-9-19/h4,6-11,16-17H,5,12-15H2,1-3H3,(H,26,30)(H,27,28,29). The van der Waals surface area contributed by atoms with Crippen LogP contribution in [0.3, 0.4) is 0 Å². The lowest BCUT2D eigenvalue weighted by molar-refractivity contribution is 0.0948. The lowest BCUT2D eigenvalue weighted by Gasteiger charge is -2.12. The average molecular weight is 435 g/mol. The summed E-state index contributed by atoms with van der Waals surface area (Å²) in [5, 5.41) is 6.19. The van der Waals surface area contributed by atoms with Gasteiger partial charge in [-0.25, -0.2) is 9.97 Å². The van der Waals surface area contributed by atoms with Crippen molar-refractivity contribution >= 4 is 11.9 Å². The fourth-order valence-electron chi connectivity index (χ4n) is 3.27. The van der Waals surface area contributed by atoms with Gasteiger partial charge in [-0.05, 0) is 43.5 Å². The Hall–Kier alpha value is -3.45. The summed E-state index contributed by atoms with van der Waals surface area (Å²) in [4.78, 5) is 21.9. The molecule has 0 aliphatic heterocycles. The minimum Gasteiger partial charge on any atom is -0.497 e. The van der Waals surface area contributed by atoms with E-state index < -0.39 is 0 Å². The number of nitrogens with zero attached hydrogens (tertiary/aromatic N) is 2. The second kappa shape index (κ2) is 11.8. The molecular weight excluding hydrogens is 404 g/mol. The minimum absolute atomic E-state index is 0.192. The molecule has 1 heterocycles. The van der Waals surface area contributed by atoms with Crippen molar-refractivity contribution in [3.05, 3.63) is 71.4 Å². The molecule has 3 aromatic rings. The minimum atomic E-state index is -0.192. The maximum atomic E-state index is 12.8. The van der Waals surface area contributed by atoms with E-state index in [1.165, 1.54) is 5.56 Å². The Bertz CT molecular complexity index is 1020. The number of carbonyl (C=O) groups is 1. The van der Waals surface area contributed by atoms with E-state index in [1.807, 2.05) is 55.5 Å². The van der Waals surface area contributed by atoms with Crippen molar-refractivity contribution in [3.63, 3.8) is 0 Å². The Morgan fingerprint density at radius 1 is 1.06 bits per heavy atom. The Kier molecular flexibility index (Phi) is 8.57. The number of hydrogen-bond donors (Lipinski definition) is 2. The summed E-state index contributed by atoms with van der Waals surface area (Å²) >= 11 is 0. The van der Waals surface area contributed by atoms with Crippen LogP contribution in [0.5, 0.6) is 5.75 Å².